The van der Waals surface area contributed by atoms with Crippen molar-refractivity contribution >= 4 is 59.5 Å². The lowest BCUT2D eigenvalue weighted by atomic mass is 10.1. The molecule has 0 radical (unpaired) electrons. The molecule has 32 heavy (non-hydrogen) atoms. The van der Waals surface area contributed by atoms with E-state index in [-0.39, 0.29) is 23.6 Å². The van der Waals surface area contributed by atoms with Gasteiger partial charge in [0, 0.05) is 10.9 Å². The molecule has 0 spiro atoms. The fraction of sp³-hybridized carbons (Fsp3) is 0.333. The molecule has 0 aliphatic rings. The van der Waals surface area contributed by atoms with E-state index in [0.29, 0.717) is 15.2 Å². The molecule has 0 saturated heterocycles. The molecule has 0 aliphatic carbocycles. The van der Waals surface area contributed by atoms with Gasteiger partial charge in [-0.15, -0.1) is 0 Å². The van der Waals surface area contributed by atoms with E-state index in [4.69, 9.17) is 9.47 Å². The number of nitrogens with zero attached hydrogens (tertiary/aromatic N) is 1. The Morgan fingerprint density at radius 1 is 1.12 bits per heavy atom. The third kappa shape index (κ3) is 7.28. The molecule has 0 heterocycles. The van der Waals surface area contributed by atoms with Gasteiger partial charge in [0.15, 0.2) is 5.01 Å². The number of anilines is 1. The SMILES string of the molecule is CCOC(=O)CN(c1ccc(Br)cc1F)S(=O)(=O)c1ccc(CCC(=O)OC(C)Br)cc1. The summed E-state index contributed by atoms with van der Waals surface area (Å²) in [6, 6.07) is 9.65. The van der Waals surface area contributed by atoms with Gasteiger partial charge in [-0.25, -0.2) is 12.8 Å². The van der Waals surface area contributed by atoms with Crippen LogP contribution < -0.4 is 4.31 Å². The summed E-state index contributed by atoms with van der Waals surface area (Å²) in [5.41, 5.74) is 0.437. The molecule has 174 valence electrons. The van der Waals surface area contributed by atoms with E-state index in [9.17, 15) is 22.4 Å². The summed E-state index contributed by atoms with van der Waals surface area (Å²) < 4.78 is 52.1. The highest BCUT2D eigenvalue weighted by Gasteiger charge is 2.30. The van der Waals surface area contributed by atoms with Gasteiger partial charge in [-0.05, 0) is 72.1 Å². The Labute approximate surface area is 203 Å². The summed E-state index contributed by atoms with van der Waals surface area (Å²) in [5, 5.41) is -0.396. The van der Waals surface area contributed by atoms with Gasteiger partial charge in [-0.2, -0.15) is 0 Å². The zero-order valence-corrected chi connectivity index (χ0v) is 21.4. The van der Waals surface area contributed by atoms with Gasteiger partial charge < -0.3 is 9.47 Å². The fourth-order valence-electron chi connectivity index (χ4n) is 2.75. The minimum Gasteiger partial charge on any atom is -0.465 e. The standard InChI is InChI=1S/C21H22Br2FNO6S/c1-3-30-21(27)13-25(19-10-7-16(23)12-18(19)24)32(28,29)17-8-4-15(5-9-17)6-11-20(26)31-14(2)22/h4-5,7-10,12,14H,3,6,11,13H2,1-2H3. The van der Waals surface area contributed by atoms with E-state index in [1.807, 2.05) is 0 Å². The topological polar surface area (TPSA) is 90.0 Å². The number of sulfonamides is 1. The molecule has 1 atom stereocenters. The lowest BCUT2D eigenvalue weighted by Crippen LogP contribution is -2.37. The number of carbonyl (C=O) groups excluding carboxylic acids is 2. The van der Waals surface area contributed by atoms with Crippen molar-refractivity contribution in [3.05, 3.63) is 58.3 Å². The Kier molecular flexibility index (Phi) is 9.65. The van der Waals surface area contributed by atoms with Crippen LogP contribution in [0.2, 0.25) is 0 Å². The molecule has 0 bridgehead atoms. The zero-order chi connectivity index (χ0) is 23.9. The lowest BCUT2D eigenvalue weighted by molar-refractivity contribution is -0.144. The number of rotatable bonds is 10. The average molecular weight is 595 g/mol. The average Bonchev–Trinajstić information content (AvgIpc) is 2.71. The molecule has 11 heteroatoms. The molecule has 0 aliphatic heterocycles. The van der Waals surface area contributed by atoms with Gasteiger partial charge in [0.05, 0.1) is 17.2 Å². The first kappa shape index (κ1) is 26.3. The van der Waals surface area contributed by atoms with Crippen molar-refractivity contribution in [1.82, 2.24) is 0 Å². The van der Waals surface area contributed by atoms with E-state index in [1.165, 1.54) is 24.3 Å². The number of carbonyl (C=O) groups is 2. The van der Waals surface area contributed by atoms with Crippen LogP contribution in [-0.4, -0.2) is 38.5 Å². The molecule has 2 aromatic rings. The summed E-state index contributed by atoms with van der Waals surface area (Å²) in [4.78, 5) is 23.6. The fourth-order valence-corrected chi connectivity index (χ4v) is 4.71. The number of hydrogen-bond acceptors (Lipinski definition) is 6. The molecular formula is C21H22Br2FNO6S. The first-order valence-corrected chi connectivity index (χ1v) is 12.8. The van der Waals surface area contributed by atoms with Crippen LogP contribution >= 0.6 is 31.9 Å². The van der Waals surface area contributed by atoms with Crippen molar-refractivity contribution in [2.45, 2.75) is 36.6 Å². The summed E-state index contributed by atoms with van der Waals surface area (Å²) in [5.74, 6) is -2.02. The first-order chi connectivity index (χ1) is 15.0. The van der Waals surface area contributed by atoms with Crippen LogP contribution in [0.15, 0.2) is 51.8 Å². The third-order valence-electron chi connectivity index (χ3n) is 4.18. The second-order valence-electron chi connectivity index (χ2n) is 6.59. The Bertz CT molecular complexity index is 1060. The van der Waals surface area contributed by atoms with Gasteiger partial charge in [0.2, 0.25) is 0 Å². The van der Waals surface area contributed by atoms with Crippen LogP contribution in [0.4, 0.5) is 10.1 Å². The van der Waals surface area contributed by atoms with Crippen LogP contribution in [0.25, 0.3) is 0 Å². The predicted octanol–water partition coefficient (Wildman–Crippen LogP) is 4.56. The molecule has 0 amide bonds. The van der Waals surface area contributed by atoms with Gasteiger partial charge in [0.1, 0.15) is 12.4 Å². The van der Waals surface area contributed by atoms with Crippen molar-refractivity contribution in [3.63, 3.8) is 0 Å². The molecule has 1 unspecified atom stereocenters. The quantitative estimate of drug-likeness (QED) is 0.296. The summed E-state index contributed by atoms with van der Waals surface area (Å²) in [6.45, 7) is 2.63. The smallest absolute Gasteiger partial charge is 0.326 e. The molecule has 0 saturated carbocycles. The van der Waals surface area contributed by atoms with Crippen LogP contribution in [0.1, 0.15) is 25.8 Å². The van der Waals surface area contributed by atoms with Crippen molar-refractivity contribution in [2.75, 3.05) is 17.5 Å². The van der Waals surface area contributed by atoms with Crippen molar-refractivity contribution < 1.29 is 31.9 Å². The number of alkyl halides is 1. The maximum absolute atomic E-state index is 14.6. The van der Waals surface area contributed by atoms with Crippen LogP contribution in [0.3, 0.4) is 0 Å². The number of aryl methyl sites for hydroxylation is 1. The van der Waals surface area contributed by atoms with Crippen molar-refractivity contribution in [3.8, 4) is 0 Å². The maximum atomic E-state index is 14.6. The van der Waals surface area contributed by atoms with Crippen LogP contribution in [0.5, 0.6) is 0 Å². The van der Waals surface area contributed by atoms with E-state index in [0.717, 1.165) is 11.6 Å². The highest BCUT2D eigenvalue weighted by molar-refractivity contribution is 9.10. The van der Waals surface area contributed by atoms with Crippen LogP contribution in [-0.2, 0) is 35.5 Å². The lowest BCUT2D eigenvalue weighted by Gasteiger charge is -2.24. The number of halogens is 3. The largest absolute Gasteiger partial charge is 0.465 e. The van der Waals surface area contributed by atoms with E-state index >= 15 is 0 Å². The highest BCUT2D eigenvalue weighted by Crippen LogP contribution is 2.28. The Balaban J connectivity index is 2.30. The van der Waals surface area contributed by atoms with Crippen LogP contribution in [0, 0.1) is 5.82 Å². The Morgan fingerprint density at radius 3 is 2.34 bits per heavy atom. The predicted molar refractivity (Wildman–Crippen MR) is 125 cm³/mol. The van der Waals surface area contributed by atoms with Crippen molar-refractivity contribution in [1.29, 1.82) is 0 Å². The number of esters is 2. The second kappa shape index (κ2) is 11.8. The second-order valence-corrected chi connectivity index (χ2v) is 10.7. The summed E-state index contributed by atoms with van der Waals surface area (Å²) in [7, 11) is -4.29. The number of hydrogen-bond donors (Lipinski definition) is 0. The van der Waals surface area contributed by atoms with Crippen molar-refractivity contribution in [2.24, 2.45) is 0 Å². The minimum atomic E-state index is -4.29. The third-order valence-corrected chi connectivity index (χ3v) is 6.63. The first-order valence-electron chi connectivity index (χ1n) is 9.60. The van der Waals surface area contributed by atoms with Gasteiger partial charge in [0.25, 0.3) is 10.0 Å². The molecule has 2 aromatic carbocycles. The Morgan fingerprint density at radius 2 is 1.78 bits per heavy atom. The summed E-state index contributed by atoms with van der Waals surface area (Å²) >= 11 is 6.25. The highest BCUT2D eigenvalue weighted by atomic mass is 79.9. The molecule has 7 nitrogen and oxygen atoms in total. The van der Waals surface area contributed by atoms with Gasteiger partial charge >= 0.3 is 11.9 Å². The maximum Gasteiger partial charge on any atom is 0.326 e. The number of ether oxygens (including phenoxy) is 2. The van der Waals surface area contributed by atoms with E-state index < -0.39 is 39.3 Å². The van der Waals surface area contributed by atoms with E-state index in [1.54, 1.807) is 26.0 Å². The van der Waals surface area contributed by atoms with Gasteiger partial charge in [-0.3, -0.25) is 13.9 Å². The monoisotopic (exact) mass is 593 g/mol. The number of benzene rings is 2. The summed E-state index contributed by atoms with van der Waals surface area (Å²) in [6.07, 6.45) is 0.480. The minimum absolute atomic E-state index is 0.0561. The molecule has 0 aromatic heterocycles. The van der Waals surface area contributed by atoms with E-state index in [2.05, 4.69) is 31.9 Å². The normalized spacial score (nSPS) is 12.2. The molecular weight excluding hydrogens is 573 g/mol. The zero-order valence-electron chi connectivity index (χ0n) is 17.4. The molecule has 2 rings (SSSR count). The van der Waals surface area contributed by atoms with Gasteiger partial charge in [-0.1, -0.05) is 28.1 Å². The molecule has 0 fully saturated rings. The Hall–Kier alpha value is -1.98. The molecule has 0 N–H and O–H groups in total.